The molecule has 17 nitrogen and oxygen atoms in total. The van der Waals surface area contributed by atoms with Crippen molar-refractivity contribution in [3.05, 3.63) is 0 Å². The lowest BCUT2D eigenvalue weighted by molar-refractivity contribution is -0.161. The number of ether oxygens (including phenoxy) is 4. The van der Waals surface area contributed by atoms with Crippen molar-refractivity contribution in [2.24, 2.45) is 5.92 Å². The number of phosphoric ester groups is 2. The van der Waals surface area contributed by atoms with E-state index in [1.54, 1.807) is 0 Å². The average molecular weight is 1130 g/mol. The van der Waals surface area contributed by atoms with E-state index in [-0.39, 0.29) is 25.7 Å². The molecule has 0 saturated carbocycles. The number of esters is 4. The first-order valence-corrected chi connectivity index (χ1v) is 33.2. The highest BCUT2D eigenvalue weighted by Gasteiger charge is 2.30. The Hall–Kier alpha value is -1.94. The Labute approximate surface area is 460 Å². The summed E-state index contributed by atoms with van der Waals surface area (Å²) in [6, 6.07) is 0. The molecular formula is C57H110O17P2. The quantitative estimate of drug-likeness (QED) is 0.0222. The molecule has 0 aromatic rings. The minimum Gasteiger partial charge on any atom is -0.462 e. The summed E-state index contributed by atoms with van der Waals surface area (Å²) in [6.45, 7) is 7.02. The van der Waals surface area contributed by atoms with Crippen molar-refractivity contribution >= 4 is 39.5 Å². The van der Waals surface area contributed by atoms with Gasteiger partial charge >= 0.3 is 39.5 Å². The van der Waals surface area contributed by atoms with Gasteiger partial charge in [0.25, 0.3) is 0 Å². The van der Waals surface area contributed by atoms with Crippen molar-refractivity contribution < 1.29 is 80.2 Å². The molecule has 19 heteroatoms. The highest BCUT2D eigenvalue weighted by molar-refractivity contribution is 7.47. The number of rotatable bonds is 57. The zero-order chi connectivity index (χ0) is 56.4. The van der Waals surface area contributed by atoms with E-state index in [1.165, 1.54) is 89.9 Å². The van der Waals surface area contributed by atoms with Crippen LogP contribution in [0.25, 0.3) is 0 Å². The standard InChI is InChI=1S/C57H110O17P2/c1-6-10-13-16-19-21-23-25-31-36-41-55(60)68-47-53(74-57(62)43-38-33-28-27-29-34-39-50(5)9-4)49-72-76(65,66)70-45-51(58)44-69-75(63,64)71-48-52(46-67-54(59)40-35-30-24-18-15-12-8-3)73-56(61)42-37-32-26-22-20-17-14-11-7-2/h50-53,58H,6-49H2,1-5H3,(H,63,64)(H,65,66)/t50?,51-,52+,53+/m0/s1. The second-order valence-corrected chi connectivity index (χ2v) is 23.8. The van der Waals surface area contributed by atoms with Crippen LogP contribution in [-0.4, -0.2) is 96.7 Å². The molecule has 0 aromatic carbocycles. The normalized spacial score (nSPS) is 14.8. The van der Waals surface area contributed by atoms with Crippen molar-refractivity contribution in [3.63, 3.8) is 0 Å². The second-order valence-electron chi connectivity index (χ2n) is 20.9. The van der Waals surface area contributed by atoms with Crippen LogP contribution in [0.15, 0.2) is 0 Å². The second kappa shape index (κ2) is 51.2. The maximum atomic E-state index is 12.9. The van der Waals surface area contributed by atoms with Crippen LogP contribution in [0.4, 0.5) is 0 Å². The molecule has 0 fully saturated rings. The Kier molecular flexibility index (Phi) is 49.9. The highest BCUT2D eigenvalue weighted by Crippen LogP contribution is 2.45. The molecule has 76 heavy (non-hydrogen) atoms. The van der Waals surface area contributed by atoms with Gasteiger partial charge in [-0.2, -0.15) is 0 Å². The topological polar surface area (TPSA) is 237 Å². The van der Waals surface area contributed by atoms with Crippen LogP contribution < -0.4 is 0 Å². The Balaban J connectivity index is 5.22. The number of phosphoric acid groups is 2. The van der Waals surface area contributed by atoms with Crippen molar-refractivity contribution in [1.29, 1.82) is 0 Å². The summed E-state index contributed by atoms with van der Waals surface area (Å²) >= 11 is 0. The summed E-state index contributed by atoms with van der Waals surface area (Å²) in [7, 11) is -9.86. The third-order valence-electron chi connectivity index (χ3n) is 13.4. The average Bonchev–Trinajstić information content (AvgIpc) is 3.39. The molecule has 0 aliphatic heterocycles. The number of aliphatic hydroxyl groups excluding tert-OH is 1. The van der Waals surface area contributed by atoms with E-state index < -0.39 is 97.5 Å². The Morgan fingerprint density at radius 1 is 0.368 bits per heavy atom. The van der Waals surface area contributed by atoms with E-state index in [0.717, 1.165) is 109 Å². The number of hydrogen-bond donors (Lipinski definition) is 3. The molecule has 0 spiro atoms. The molecule has 0 heterocycles. The number of aliphatic hydroxyl groups is 1. The van der Waals surface area contributed by atoms with Gasteiger partial charge in [-0.25, -0.2) is 9.13 Å². The summed E-state index contributed by atoms with van der Waals surface area (Å²) in [6.07, 6.45) is 32.2. The fourth-order valence-electron chi connectivity index (χ4n) is 8.31. The van der Waals surface area contributed by atoms with E-state index in [9.17, 15) is 43.2 Å². The van der Waals surface area contributed by atoms with Crippen molar-refractivity contribution in [1.82, 2.24) is 0 Å². The fourth-order valence-corrected chi connectivity index (χ4v) is 9.89. The van der Waals surface area contributed by atoms with Crippen LogP contribution in [0.3, 0.4) is 0 Å². The molecule has 0 aromatic heterocycles. The van der Waals surface area contributed by atoms with Crippen molar-refractivity contribution in [3.8, 4) is 0 Å². The molecular weight excluding hydrogens is 1020 g/mol. The van der Waals surface area contributed by atoms with Gasteiger partial charge in [0.2, 0.25) is 0 Å². The lowest BCUT2D eigenvalue weighted by Gasteiger charge is -2.21. The molecule has 0 bridgehead atoms. The van der Waals surface area contributed by atoms with Crippen LogP contribution in [0, 0.1) is 5.92 Å². The zero-order valence-electron chi connectivity index (χ0n) is 48.4. The Bertz CT molecular complexity index is 1500. The molecule has 3 N–H and O–H groups in total. The third kappa shape index (κ3) is 50.3. The number of unbranched alkanes of at least 4 members (excludes halogenated alkanes) is 28. The van der Waals surface area contributed by atoms with Gasteiger partial charge in [0.1, 0.15) is 19.3 Å². The van der Waals surface area contributed by atoms with Crippen LogP contribution in [-0.2, 0) is 65.4 Å². The monoisotopic (exact) mass is 1130 g/mol. The smallest absolute Gasteiger partial charge is 0.462 e. The Morgan fingerprint density at radius 2 is 0.632 bits per heavy atom. The molecule has 450 valence electrons. The zero-order valence-corrected chi connectivity index (χ0v) is 50.2. The maximum Gasteiger partial charge on any atom is 0.472 e. The molecule has 0 amide bonds. The molecule has 0 saturated heterocycles. The van der Waals surface area contributed by atoms with Gasteiger partial charge in [-0.1, -0.05) is 227 Å². The lowest BCUT2D eigenvalue weighted by Crippen LogP contribution is -2.30. The minimum atomic E-state index is -4.93. The molecule has 0 rings (SSSR count). The van der Waals surface area contributed by atoms with Crippen molar-refractivity contribution in [2.75, 3.05) is 39.6 Å². The summed E-state index contributed by atoms with van der Waals surface area (Å²) in [4.78, 5) is 71.7. The van der Waals surface area contributed by atoms with Crippen molar-refractivity contribution in [2.45, 2.75) is 297 Å². The first-order valence-electron chi connectivity index (χ1n) is 30.2. The van der Waals surface area contributed by atoms with Crippen LogP contribution in [0.5, 0.6) is 0 Å². The van der Waals surface area contributed by atoms with Crippen LogP contribution in [0.1, 0.15) is 279 Å². The first kappa shape index (κ1) is 74.1. The minimum absolute atomic E-state index is 0.103. The number of hydrogen-bond acceptors (Lipinski definition) is 15. The van der Waals surface area contributed by atoms with Gasteiger partial charge in [-0.05, 0) is 31.6 Å². The Morgan fingerprint density at radius 3 is 0.934 bits per heavy atom. The van der Waals surface area contributed by atoms with E-state index in [0.29, 0.717) is 25.7 Å². The maximum absolute atomic E-state index is 12.9. The molecule has 0 radical (unpaired) electrons. The van der Waals surface area contributed by atoms with E-state index in [1.807, 2.05) is 0 Å². The molecule has 0 aliphatic rings. The van der Waals surface area contributed by atoms with E-state index in [4.69, 9.17) is 37.0 Å². The summed E-state index contributed by atoms with van der Waals surface area (Å²) < 4.78 is 67.5. The van der Waals surface area contributed by atoms with E-state index in [2.05, 4.69) is 34.6 Å². The predicted molar refractivity (Wildman–Crippen MR) is 298 cm³/mol. The lowest BCUT2D eigenvalue weighted by atomic mass is 10.00. The van der Waals surface area contributed by atoms with Gasteiger partial charge in [0.05, 0.1) is 26.4 Å². The predicted octanol–water partition coefficient (Wildman–Crippen LogP) is 15.1. The first-order chi connectivity index (χ1) is 36.6. The summed E-state index contributed by atoms with van der Waals surface area (Å²) in [5.41, 5.74) is 0. The number of carbonyl (C=O) groups is 4. The van der Waals surface area contributed by atoms with E-state index >= 15 is 0 Å². The number of carbonyl (C=O) groups excluding carboxylic acids is 4. The SMILES string of the molecule is CCCCCCCCCCCCC(=O)OC[C@H](COP(=O)(O)OC[C@@H](O)COP(=O)(O)OC[C@@H](COC(=O)CCCCCCCCC)OC(=O)CCCCCCCCCCC)OC(=O)CCCCCCCCC(C)CC. The van der Waals surface area contributed by atoms with Gasteiger partial charge in [-0.15, -0.1) is 0 Å². The van der Waals surface area contributed by atoms with Gasteiger partial charge in [-0.3, -0.25) is 37.3 Å². The molecule has 0 aliphatic carbocycles. The summed E-state index contributed by atoms with van der Waals surface area (Å²) in [5.74, 6) is -1.43. The molecule has 3 unspecified atom stereocenters. The van der Waals surface area contributed by atoms with Gasteiger partial charge in [0, 0.05) is 25.7 Å². The largest absolute Gasteiger partial charge is 0.472 e. The van der Waals surface area contributed by atoms with Crippen LogP contribution in [0.2, 0.25) is 0 Å². The molecule has 6 atom stereocenters. The fraction of sp³-hybridized carbons (Fsp3) is 0.930. The van der Waals surface area contributed by atoms with Gasteiger partial charge in [0.15, 0.2) is 12.2 Å². The van der Waals surface area contributed by atoms with Crippen LogP contribution >= 0.6 is 15.6 Å². The highest BCUT2D eigenvalue weighted by atomic mass is 31.2. The third-order valence-corrected chi connectivity index (χ3v) is 15.3. The van der Waals surface area contributed by atoms with Gasteiger partial charge < -0.3 is 33.8 Å². The summed E-state index contributed by atoms with van der Waals surface area (Å²) in [5, 5.41) is 10.5.